The second kappa shape index (κ2) is 7.42. The van der Waals surface area contributed by atoms with Crippen molar-refractivity contribution >= 4 is 23.4 Å². The van der Waals surface area contributed by atoms with E-state index in [0.29, 0.717) is 6.04 Å². The molecule has 1 aliphatic heterocycles. The lowest BCUT2D eigenvalue weighted by atomic mass is 10.0. The Morgan fingerprint density at radius 1 is 1.12 bits per heavy atom. The highest BCUT2D eigenvalue weighted by Crippen LogP contribution is 2.31. The second-order valence-corrected chi connectivity index (χ2v) is 8.34. The summed E-state index contributed by atoms with van der Waals surface area (Å²) in [6.07, 6.45) is 4.94. The van der Waals surface area contributed by atoms with E-state index >= 15 is 0 Å². The summed E-state index contributed by atoms with van der Waals surface area (Å²) in [6.45, 7) is 2.30. The van der Waals surface area contributed by atoms with E-state index in [-0.39, 0.29) is 6.04 Å². The van der Waals surface area contributed by atoms with Crippen LogP contribution in [-0.2, 0) is 0 Å². The summed E-state index contributed by atoms with van der Waals surface area (Å²) < 4.78 is 2.11. The number of nitrogens with zero attached hydrogens (tertiary/aromatic N) is 4. The molecule has 2 heterocycles. The largest absolute Gasteiger partial charge is 0.321 e. The Balaban J connectivity index is 1.72. The SMILES string of the molecule is Clc1ccc([C@@H](c2nnnn2C2CCCC2)[NH+]2CCSCC2)cc1. The molecule has 1 aliphatic carbocycles. The van der Waals surface area contributed by atoms with Crippen molar-refractivity contribution in [2.75, 3.05) is 24.6 Å². The van der Waals surface area contributed by atoms with Crippen LogP contribution < -0.4 is 4.90 Å². The Labute approximate surface area is 151 Å². The van der Waals surface area contributed by atoms with Crippen LogP contribution in [0.4, 0.5) is 0 Å². The molecule has 1 aromatic carbocycles. The number of nitrogens with one attached hydrogen (secondary N) is 1. The van der Waals surface area contributed by atoms with E-state index in [1.807, 2.05) is 23.9 Å². The Bertz CT molecular complexity index is 662. The van der Waals surface area contributed by atoms with Gasteiger partial charge in [0.15, 0.2) is 6.04 Å². The molecule has 2 aliphatic rings. The second-order valence-electron chi connectivity index (χ2n) is 6.68. The number of hydrogen-bond donors (Lipinski definition) is 1. The molecule has 24 heavy (non-hydrogen) atoms. The van der Waals surface area contributed by atoms with Crippen LogP contribution in [0.1, 0.15) is 49.2 Å². The maximum Gasteiger partial charge on any atom is 0.214 e. The van der Waals surface area contributed by atoms with Crippen LogP contribution in [0, 0.1) is 0 Å². The van der Waals surface area contributed by atoms with Crippen LogP contribution in [0.2, 0.25) is 5.02 Å². The lowest BCUT2D eigenvalue weighted by Gasteiger charge is -2.31. The van der Waals surface area contributed by atoms with Gasteiger partial charge in [0.25, 0.3) is 0 Å². The minimum absolute atomic E-state index is 0.193. The average molecular weight is 365 g/mol. The van der Waals surface area contributed by atoms with Gasteiger partial charge in [-0.2, -0.15) is 11.8 Å². The maximum atomic E-state index is 6.11. The smallest absolute Gasteiger partial charge is 0.214 e. The molecule has 0 radical (unpaired) electrons. The molecule has 2 fully saturated rings. The molecular weight excluding hydrogens is 342 g/mol. The van der Waals surface area contributed by atoms with Gasteiger partial charge in [-0.25, -0.2) is 4.68 Å². The Morgan fingerprint density at radius 2 is 1.83 bits per heavy atom. The van der Waals surface area contributed by atoms with Gasteiger partial charge in [-0.15, -0.1) is 5.10 Å². The molecule has 1 aromatic heterocycles. The van der Waals surface area contributed by atoms with Crippen LogP contribution in [-0.4, -0.2) is 44.8 Å². The maximum absolute atomic E-state index is 6.11. The van der Waals surface area contributed by atoms with Crippen LogP contribution in [0.3, 0.4) is 0 Å². The highest BCUT2D eigenvalue weighted by atomic mass is 35.5. The molecule has 2 aromatic rings. The first-order valence-electron chi connectivity index (χ1n) is 8.78. The molecule has 0 spiro atoms. The molecule has 7 heteroatoms. The fraction of sp³-hybridized carbons (Fsp3) is 0.588. The molecule has 5 nitrogen and oxygen atoms in total. The number of quaternary nitrogens is 1. The molecule has 1 saturated carbocycles. The molecule has 0 amide bonds. The van der Waals surface area contributed by atoms with Crippen molar-refractivity contribution < 1.29 is 4.90 Å². The van der Waals surface area contributed by atoms with Crippen LogP contribution >= 0.6 is 23.4 Å². The van der Waals surface area contributed by atoms with Crippen LogP contribution in [0.5, 0.6) is 0 Å². The quantitative estimate of drug-likeness (QED) is 0.903. The minimum Gasteiger partial charge on any atom is -0.321 e. The summed E-state index contributed by atoms with van der Waals surface area (Å²) >= 11 is 8.15. The zero-order chi connectivity index (χ0) is 16.4. The molecule has 1 atom stereocenters. The van der Waals surface area contributed by atoms with Gasteiger partial charge in [0.2, 0.25) is 5.82 Å². The van der Waals surface area contributed by atoms with Crippen molar-refractivity contribution in [2.45, 2.75) is 37.8 Å². The first-order chi connectivity index (χ1) is 11.8. The molecular formula is C17H23ClN5S+. The zero-order valence-corrected chi connectivity index (χ0v) is 15.3. The van der Waals surface area contributed by atoms with Gasteiger partial charge in [0.05, 0.1) is 19.1 Å². The normalized spacial score (nSPS) is 21.2. The molecule has 0 bridgehead atoms. The summed E-state index contributed by atoms with van der Waals surface area (Å²) in [7, 11) is 0. The van der Waals surface area contributed by atoms with E-state index in [4.69, 9.17) is 11.6 Å². The summed E-state index contributed by atoms with van der Waals surface area (Å²) in [5, 5.41) is 13.7. The first-order valence-corrected chi connectivity index (χ1v) is 10.3. The third-order valence-electron chi connectivity index (χ3n) is 5.19. The number of hydrogen-bond acceptors (Lipinski definition) is 4. The fourth-order valence-corrected chi connectivity index (χ4v) is 5.09. The predicted octanol–water partition coefficient (Wildman–Crippen LogP) is 2.16. The molecule has 4 rings (SSSR count). The van der Waals surface area contributed by atoms with Crippen LogP contribution in [0.15, 0.2) is 24.3 Å². The van der Waals surface area contributed by atoms with Crippen molar-refractivity contribution in [1.82, 2.24) is 20.2 Å². The Morgan fingerprint density at radius 3 is 2.54 bits per heavy atom. The van der Waals surface area contributed by atoms with Crippen molar-refractivity contribution in [1.29, 1.82) is 0 Å². The van der Waals surface area contributed by atoms with Crippen molar-refractivity contribution in [2.24, 2.45) is 0 Å². The third kappa shape index (κ3) is 3.32. The lowest BCUT2D eigenvalue weighted by molar-refractivity contribution is -0.922. The van der Waals surface area contributed by atoms with Gasteiger partial charge in [-0.3, -0.25) is 0 Å². The first kappa shape index (κ1) is 16.4. The van der Waals surface area contributed by atoms with E-state index in [2.05, 4.69) is 32.3 Å². The lowest BCUT2D eigenvalue weighted by Crippen LogP contribution is -3.14. The number of aromatic nitrogens is 4. The predicted molar refractivity (Wildman–Crippen MR) is 96.6 cm³/mol. The average Bonchev–Trinajstić information content (AvgIpc) is 3.29. The molecule has 128 valence electrons. The summed E-state index contributed by atoms with van der Waals surface area (Å²) in [5.41, 5.74) is 1.26. The van der Waals surface area contributed by atoms with Crippen molar-refractivity contribution in [3.63, 3.8) is 0 Å². The van der Waals surface area contributed by atoms with Crippen LogP contribution in [0.25, 0.3) is 0 Å². The minimum atomic E-state index is 0.193. The number of rotatable bonds is 4. The topological polar surface area (TPSA) is 48.0 Å². The summed E-state index contributed by atoms with van der Waals surface area (Å²) in [4.78, 5) is 1.56. The molecule has 1 saturated heterocycles. The Kier molecular flexibility index (Phi) is 5.06. The highest BCUT2D eigenvalue weighted by Gasteiger charge is 2.34. The summed E-state index contributed by atoms with van der Waals surface area (Å²) in [6, 6.07) is 8.88. The van der Waals surface area contributed by atoms with Gasteiger partial charge >= 0.3 is 0 Å². The van der Waals surface area contributed by atoms with Gasteiger partial charge in [0.1, 0.15) is 0 Å². The van der Waals surface area contributed by atoms with Gasteiger partial charge in [0, 0.05) is 22.1 Å². The van der Waals surface area contributed by atoms with Gasteiger partial charge < -0.3 is 4.90 Å². The van der Waals surface area contributed by atoms with E-state index < -0.39 is 0 Å². The number of thioether (sulfide) groups is 1. The summed E-state index contributed by atoms with van der Waals surface area (Å²) in [5.74, 6) is 3.42. The molecule has 0 unspecified atom stereocenters. The fourth-order valence-electron chi connectivity index (χ4n) is 3.94. The third-order valence-corrected chi connectivity index (χ3v) is 6.43. The molecule has 1 N–H and O–H groups in total. The standard InChI is InChI=1S/C17H22ClN5S/c18-14-7-5-13(6-8-14)16(22-9-11-24-12-10-22)17-19-20-21-23(17)15-3-1-2-4-15/h5-8,15-16H,1-4,9-12H2/p+1/t16-/m0/s1. The number of benzene rings is 1. The Hall–Kier alpha value is -1.11. The number of halogens is 1. The van der Waals surface area contributed by atoms with E-state index in [0.717, 1.165) is 23.9 Å². The van der Waals surface area contributed by atoms with E-state index in [9.17, 15) is 0 Å². The van der Waals surface area contributed by atoms with Gasteiger partial charge in [-0.1, -0.05) is 36.6 Å². The number of tetrazole rings is 1. The zero-order valence-electron chi connectivity index (χ0n) is 13.7. The highest BCUT2D eigenvalue weighted by molar-refractivity contribution is 7.99. The van der Waals surface area contributed by atoms with Gasteiger partial charge in [-0.05, 0) is 35.4 Å². The van der Waals surface area contributed by atoms with Crippen molar-refractivity contribution in [3.05, 3.63) is 40.7 Å². The monoisotopic (exact) mass is 364 g/mol. The van der Waals surface area contributed by atoms with E-state index in [1.54, 1.807) is 4.90 Å². The van der Waals surface area contributed by atoms with E-state index in [1.165, 1.54) is 42.8 Å². The van der Waals surface area contributed by atoms with Crippen molar-refractivity contribution in [3.8, 4) is 0 Å².